The lowest BCUT2D eigenvalue weighted by atomic mass is 9.99. The molecule has 9 atom stereocenters. The van der Waals surface area contributed by atoms with Crippen LogP contribution in [0.15, 0.2) is 48.5 Å². The first kappa shape index (κ1) is 64.3. The highest BCUT2D eigenvalue weighted by Gasteiger charge is 2.40. The van der Waals surface area contributed by atoms with Gasteiger partial charge in [0.2, 0.25) is 53.2 Å². The number of carbonyl (C=O) groups excluding carboxylic acids is 9. The van der Waals surface area contributed by atoms with Crippen LogP contribution in [-0.2, 0) is 70.4 Å². The van der Waals surface area contributed by atoms with Crippen LogP contribution in [0.1, 0.15) is 77.8 Å². The SMILES string of the molecule is CC(C)[C@H](NC(=O)CNC(=O)[C@@H]1CCCN1C(=O)[C@H](CCC(=O)O)NC(=O)[C@H](CS)NC(=O)[C@H](C)N)C(=O)N[C@@H](CC(=O)O)C(=O)N[C@@H](Cc1ccc(O)cc1)C(=O)N[C@H](C(=O)N[C@@H](Cc1ccc(O)cc1)C(=O)O)C(C)C. The molecule has 78 heavy (non-hydrogen) atoms. The number of carboxylic acid groups (broad SMARTS) is 3. The quantitative estimate of drug-likeness (QED) is 0.0357. The van der Waals surface area contributed by atoms with Crippen molar-refractivity contribution in [3.63, 3.8) is 0 Å². The number of benzene rings is 2. The van der Waals surface area contributed by atoms with E-state index in [4.69, 9.17) is 5.73 Å². The topological polar surface area (TPSA) is 431 Å². The van der Waals surface area contributed by atoms with E-state index < -0.39 is 157 Å². The molecule has 3 rings (SSSR count). The molecular formula is C50H70N10O17S. The summed E-state index contributed by atoms with van der Waals surface area (Å²) in [5.41, 5.74) is 6.41. The fourth-order valence-electron chi connectivity index (χ4n) is 7.96. The van der Waals surface area contributed by atoms with Crippen LogP contribution < -0.4 is 48.3 Å². The maximum atomic E-state index is 14.1. The minimum atomic E-state index is -1.89. The molecule has 2 aromatic rings. The summed E-state index contributed by atoms with van der Waals surface area (Å²) in [4.78, 5) is 158. The van der Waals surface area contributed by atoms with Crippen LogP contribution >= 0.6 is 12.6 Å². The summed E-state index contributed by atoms with van der Waals surface area (Å²) in [5.74, 6) is -14.3. The molecule has 15 N–H and O–H groups in total. The van der Waals surface area contributed by atoms with Gasteiger partial charge in [-0.2, -0.15) is 12.6 Å². The molecule has 1 aliphatic rings. The molecular weight excluding hydrogens is 1040 g/mol. The Morgan fingerprint density at radius 3 is 1.54 bits per heavy atom. The number of carboxylic acids is 3. The predicted molar refractivity (Wildman–Crippen MR) is 279 cm³/mol. The van der Waals surface area contributed by atoms with Crippen molar-refractivity contribution in [2.45, 2.75) is 134 Å². The van der Waals surface area contributed by atoms with Crippen molar-refractivity contribution in [1.82, 2.24) is 47.4 Å². The lowest BCUT2D eigenvalue weighted by molar-refractivity contribution is -0.143. The van der Waals surface area contributed by atoms with E-state index in [1.54, 1.807) is 13.8 Å². The monoisotopic (exact) mass is 1110 g/mol. The van der Waals surface area contributed by atoms with E-state index in [0.29, 0.717) is 17.5 Å². The van der Waals surface area contributed by atoms with Crippen molar-refractivity contribution < 1.29 is 83.1 Å². The zero-order chi connectivity index (χ0) is 58.6. The molecule has 0 radical (unpaired) electrons. The number of likely N-dealkylation sites (tertiary alicyclic amines) is 1. The van der Waals surface area contributed by atoms with Crippen LogP contribution in [0, 0.1) is 11.8 Å². The average molecular weight is 1120 g/mol. The first-order valence-corrected chi connectivity index (χ1v) is 25.5. The zero-order valence-corrected chi connectivity index (χ0v) is 44.5. The van der Waals surface area contributed by atoms with E-state index in [-0.39, 0.29) is 49.5 Å². The van der Waals surface area contributed by atoms with Gasteiger partial charge in [0.15, 0.2) is 0 Å². The highest BCUT2D eigenvalue weighted by Crippen LogP contribution is 2.21. The van der Waals surface area contributed by atoms with Crippen LogP contribution in [0.2, 0.25) is 0 Å². The second-order valence-electron chi connectivity index (χ2n) is 19.3. The Labute approximate surface area is 454 Å². The number of phenols is 2. The summed E-state index contributed by atoms with van der Waals surface area (Å²) < 4.78 is 0. The van der Waals surface area contributed by atoms with E-state index in [2.05, 4.69) is 55.2 Å². The zero-order valence-electron chi connectivity index (χ0n) is 43.6. The van der Waals surface area contributed by atoms with E-state index >= 15 is 0 Å². The predicted octanol–water partition coefficient (Wildman–Crippen LogP) is -2.60. The number of thiol groups is 1. The van der Waals surface area contributed by atoms with Crippen molar-refractivity contribution in [2.24, 2.45) is 17.6 Å². The molecule has 428 valence electrons. The Morgan fingerprint density at radius 2 is 1.05 bits per heavy atom. The molecule has 1 heterocycles. The van der Waals surface area contributed by atoms with Gasteiger partial charge in [-0.25, -0.2) is 4.79 Å². The summed E-state index contributed by atoms with van der Waals surface area (Å²) in [6.45, 7) is 6.76. The molecule has 0 saturated carbocycles. The highest BCUT2D eigenvalue weighted by molar-refractivity contribution is 7.80. The molecule has 1 aliphatic heterocycles. The number of hydrogen-bond donors (Lipinski definition) is 15. The molecule has 2 aromatic carbocycles. The summed E-state index contributed by atoms with van der Waals surface area (Å²) >= 11 is 4.08. The highest BCUT2D eigenvalue weighted by atomic mass is 32.1. The van der Waals surface area contributed by atoms with Crippen LogP contribution in [0.4, 0.5) is 0 Å². The van der Waals surface area contributed by atoms with Crippen molar-refractivity contribution in [1.29, 1.82) is 0 Å². The van der Waals surface area contributed by atoms with Gasteiger partial charge in [0.05, 0.1) is 19.0 Å². The van der Waals surface area contributed by atoms with Gasteiger partial charge in [0.1, 0.15) is 59.8 Å². The molecule has 1 saturated heterocycles. The largest absolute Gasteiger partial charge is 0.508 e. The Morgan fingerprint density at radius 1 is 0.590 bits per heavy atom. The molecule has 0 unspecified atom stereocenters. The van der Waals surface area contributed by atoms with E-state index in [9.17, 15) is 83.1 Å². The van der Waals surface area contributed by atoms with Gasteiger partial charge < -0.3 is 78.7 Å². The van der Waals surface area contributed by atoms with E-state index in [0.717, 1.165) is 4.90 Å². The standard InChI is InChI=1S/C50H70N10O17S/c1-24(2)40(58-37(63)22-52-46(72)36-7-6-18-60(36)49(75)31(16-17-38(64)65)53-45(71)35(23-78)57-42(68)26(5)51)47(73)55-33(21-39(66)67)43(69)54-32(19-27-8-12-29(61)13-9-27)44(70)59-41(25(3)4)48(74)56-34(50(76)77)20-28-10-14-30(62)15-11-28/h8-15,24-26,31-36,40-41,61-62,78H,6-7,16-23,51H2,1-5H3,(H,52,72)(H,53,71)(H,54,69)(H,55,73)(H,56,74)(H,57,68)(H,58,63)(H,59,70)(H,64,65)(H,66,67)(H,76,77)/t26-,31-,32-,33-,34-,35-,36-,40-,41-/m0/s1. The van der Waals surface area contributed by atoms with E-state index in [1.165, 1.54) is 69.3 Å². The molecule has 0 aromatic heterocycles. The van der Waals surface area contributed by atoms with Crippen LogP contribution in [0.5, 0.6) is 11.5 Å². The lowest BCUT2D eigenvalue weighted by Gasteiger charge is -2.29. The number of rotatable bonds is 30. The van der Waals surface area contributed by atoms with Crippen molar-refractivity contribution in [3.8, 4) is 11.5 Å². The molecule has 1 fully saturated rings. The van der Waals surface area contributed by atoms with E-state index in [1.807, 2.05) is 0 Å². The maximum absolute atomic E-state index is 14.1. The fourth-order valence-corrected chi connectivity index (χ4v) is 8.21. The first-order valence-electron chi connectivity index (χ1n) is 24.9. The molecule has 9 amide bonds. The summed E-state index contributed by atoms with van der Waals surface area (Å²) in [6, 6.07) is -1.67. The van der Waals surface area contributed by atoms with Gasteiger partial charge >= 0.3 is 17.9 Å². The van der Waals surface area contributed by atoms with Gasteiger partial charge in [-0.05, 0) is 73.4 Å². The Balaban J connectivity index is 1.76. The first-order chi connectivity index (χ1) is 36.6. The van der Waals surface area contributed by atoms with Crippen LogP contribution in [0.25, 0.3) is 0 Å². The van der Waals surface area contributed by atoms with Gasteiger partial charge in [-0.1, -0.05) is 52.0 Å². The molecule has 0 aliphatic carbocycles. The Bertz CT molecular complexity index is 2490. The summed E-state index contributed by atoms with van der Waals surface area (Å²) in [5, 5.41) is 67.9. The fraction of sp³-hybridized carbons (Fsp3) is 0.520. The minimum Gasteiger partial charge on any atom is -0.508 e. The number of amides is 9. The Kier molecular flexibility index (Phi) is 25.3. The molecule has 27 nitrogen and oxygen atoms in total. The number of nitrogens with one attached hydrogen (secondary N) is 8. The number of nitrogens with two attached hydrogens (primary N) is 1. The second-order valence-corrected chi connectivity index (χ2v) is 19.7. The number of aliphatic carboxylic acids is 3. The normalized spacial score (nSPS) is 16.1. The smallest absolute Gasteiger partial charge is 0.326 e. The number of hydrogen-bond acceptors (Lipinski definition) is 16. The third kappa shape index (κ3) is 20.5. The average Bonchev–Trinajstić information content (AvgIpc) is 3.87. The molecule has 0 bridgehead atoms. The third-order valence-electron chi connectivity index (χ3n) is 12.3. The van der Waals surface area contributed by atoms with Gasteiger partial charge in [0, 0.05) is 31.6 Å². The second kappa shape index (κ2) is 30.7. The number of carbonyl (C=O) groups is 12. The van der Waals surface area contributed by atoms with Crippen molar-refractivity contribution >= 4 is 83.7 Å². The Hall–Kier alpha value is -8.01. The number of aromatic hydroxyl groups is 2. The van der Waals surface area contributed by atoms with Crippen LogP contribution in [-0.4, -0.2) is 175 Å². The van der Waals surface area contributed by atoms with Gasteiger partial charge in [-0.15, -0.1) is 0 Å². The molecule has 0 spiro atoms. The number of nitrogens with zero attached hydrogens (tertiary/aromatic N) is 1. The van der Waals surface area contributed by atoms with Crippen LogP contribution in [0.3, 0.4) is 0 Å². The third-order valence-corrected chi connectivity index (χ3v) is 12.6. The maximum Gasteiger partial charge on any atom is 0.326 e. The molecule has 28 heteroatoms. The minimum absolute atomic E-state index is 0.0112. The van der Waals surface area contributed by atoms with Crippen molar-refractivity contribution in [2.75, 3.05) is 18.8 Å². The number of phenolic OH excluding ortho intramolecular Hbond substituents is 2. The van der Waals surface area contributed by atoms with Gasteiger partial charge in [0.25, 0.3) is 0 Å². The van der Waals surface area contributed by atoms with Gasteiger partial charge in [-0.3, -0.25) is 52.7 Å². The summed E-state index contributed by atoms with van der Waals surface area (Å²) in [7, 11) is 0. The van der Waals surface area contributed by atoms with Crippen molar-refractivity contribution in [3.05, 3.63) is 59.7 Å². The lowest BCUT2D eigenvalue weighted by Crippen LogP contribution is -2.61. The summed E-state index contributed by atoms with van der Waals surface area (Å²) in [6.07, 6.45) is -2.08.